The van der Waals surface area contributed by atoms with Crippen LogP contribution in [0.25, 0.3) is 5.95 Å². The van der Waals surface area contributed by atoms with Crippen LogP contribution in [0.3, 0.4) is 0 Å². The smallest absolute Gasteiger partial charge is 0.250 e. The lowest BCUT2D eigenvalue weighted by Crippen LogP contribution is -2.03. The van der Waals surface area contributed by atoms with E-state index in [-0.39, 0.29) is 0 Å². The van der Waals surface area contributed by atoms with Gasteiger partial charge in [0.15, 0.2) is 0 Å². The van der Waals surface area contributed by atoms with Crippen LogP contribution in [0.5, 0.6) is 0 Å². The van der Waals surface area contributed by atoms with Gasteiger partial charge >= 0.3 is 0 Å². The van der Waals surface area contributed by atoms with Gasteiger partial charge in [0.2, 0.25) is 5.95 Å². The topological polar surface area (TPSA) is 55.6 Å². The zero-order valence-corrected chi connectivity index (χ0v) is 12.2. The van der Waals surface area contributed by atoms with E-state index in [2.05, 4.69) is 45.2 Å². The molecule has 0 atom stereocenters. The van der Waals surface area contributed by atoms with Crippen LogP contribution in [0.4, 0.5) is 5.82 Å². The molecule has 0 fully saturated rings. The van der Waals surface area contributed by atoms with Crippen LogP contribution in [-0.4, -0.2) is 26.3 Å². The molecule has 5 heteroatoms. The number of aryl methyl sites for hydroxylation is 1. The molecule has 0 saturated carbocycles. The van der Waals surface area contributed by atoms with Gasteiger partial charge in [-0.2, -0.15) is 0 Å². The number of anilines is 1. The van der Waals surface area contributed by atoms with E-state index in [0.29, 0.717) is 12.5 Å². The van der Waals surface area contributed by atoms with E-state index < -0.39 is 0 Å². The summed E-state index contributed by atoms with van der Waals surface area (Å²) in [6, 6.07) is 11.7. The maximum Gasteiger partial charge on any atom is 0.250 e. The van der Waals surface area contributed by atoms with E-state index in [1.54, 1.807) is 23.1 Å². The first kappa shape index (κ1) is 13.8. The number of benzene rings is 1. The normalized spacial score (nSPS) is 9.86. The SMILES string of the molecule is Cc1ccccc1C#CCNc1ccn(-c2ncccn2)n1. The Morgan fingerprint density at radius 2 is 1.91 bits per heavy atom. The van der Waals surface area contributed by atoms with Crippen molar-refractivity contribution in [3.8, 4) is 17.8 Å². The molecule has 2 heterocycles. The van der Waals surface area contributed by atoms with Gasteiger partial charge in [0.1, 0.15) is 5.82 Å². The highest BCUT2D eigenvalue weighted by atomic mass is 15.4. The first-order valence-corrected chi connectivity index (χ1v) is 6.94. The average molecular weight is 289 g/mol. The van der Waals surface area contributed by atoms with Crippen molar-refractivity contribution in [3.05, 3.63) is 66.1 Å². The van der Waals surface area contributed by atoms with Gasteiger partial charge in [-0.15, -0.1) is 5.10 Å². The molecule has 5 nitrogen and oxygen atoms in total. The lowest BCUT2D eigenvalue weighted by atomic mass is 10.1. The second kappa shape index (κ2) is 6.55. The fraction of sp³-hybridized carbons (Fsp3) is 0.118. The minimum Gasteiger partial charge on any atom is -0.358 e. The molecule has 0 aliphatic heterocycles. The van der Waals surface area contributed by atoms with Gasteiger partial charge in [-0.3, -0.25) is 0 Å². The van der Waals surface area contributed by atoms with Gasteiger partial charge in [-0.1, -0.05) is 30.0 Å². The molecule has 22 heavy (non-hydrogen) atoms. The Morgan fingerprint density at radius 1 is 1.09 bits per heavy atom. The predicted octanol–water partition coefficient (Wildman–Crippen LogP) is 2.43. The zero-order chi connectivity index (χ0) is 15.2. The van der Waals surface area contributed by atoms with Gasteiger partial charge in [-0.25, -0.2) is 14.6 Å². The average Bonchev–Trinajstić information content (AvgIpc) is 3.03. The summed E-state index contributed by atoms with van der Waals surface area (Å²) in [4.78, 5) is 8.28. The van der Waals surface area contributed by atoms with E-state index in [4.69, 9.17) is 0 Å². The highest BCUT2D eigenvalue weighted by Gasteiger charge is 2.01. The molecule has 3 aromatic rings. The van der Waals surface area contributed by atoms with E-state index in [1.165, 1.54) is 5.56 Å². The Bertz CT molecular complexity index is 812. The second-order valence-electron chi connectivity index (χ2n) is 4.66. The van der Waals surface area contributed by atoms with Gasteiger partial charge < -0.3 is 5.32 Å². The molecule has 0 unspecified atom stereocenters. The quantitative estimate of drug-likeness (QED) is 0.752. The third-order valence-corrected chi connectivity index (χ3v) is 3.07. The Labute approximate surface area is 129 Å². The number of hydrogen-bond acceptors (Lipinski definition) is 4. The van der Waals surface area contributed by atoms with Crippen LogP contribution < -0.4 is 5.32 Å². The molecule has 108 valence electrons. The summed E-state index contributed by atoms with van der Waals surface area (Å²) in [5.74, 6) is 7.53. The molecular formula is C17H15N5. The van der Waals surface area contributed by atoms with Crippen LogP contribution in [0.15, 0.2) is 55.0 Å². The van der Waals surface area contributed by atoms with Crippen LogP contribution in [0.1, 0.15) is 11.1 Å². The van der Waals surface area contributed by atoms with E-state index in [1.807, 2.05) is 30.5 Å². The lowest BCUT2D eigenvalue weighted by molar-refractivity contribution is 0.809. The standard InChI is InChI=1S/C17H15N5/c1-14-6-2-3-7-15(14)8-4-10-18-16-9-13-22(21-16)17-19-11-5-12-20-17/h2-3,5-7,9,11-13H,10H2,1H3,(H,18,21). The summed E-state index contributed by atoms with van der Waals surface area (Å²) >= 11 is 0. The number of rotatable bonds is 3. The molecule has 2 aromatic heterocycles. The first-order valence-electron chi connectivity index (χ1n) is 6.94. The van der Waals surface area contributed by atoms with Crippen LogP contribution in [-0.2, 0) is 0 Å². The molecule has 1 aromatic carbocycles. The van der Waals surface area contributed by atoms with Crippen molar-refractivity contribution >= 4 is 5.82 Å². The van der Waals surface area contributed by atoms with Gasteiger partial charge in [0.25, 0.3) is 0 Å². The Morgan fingerprint density at radius 3 is 2.73 bits per heavy atom. The van der Waals surface area contributed by atoms with Gasteiger partial charge in [-0.05, 0) is 24.6 Å². The second-order valence-corrected chi connectivity index (χ2v) is 4.66. The highest BCUT2D eigenvalue weighted by Crippen LogP contribution is 2.06. The van der Waals surface area contributed by atoms with Crippen molar-refractivity contribution in [2.24, 2.45) is 0 Å². The van der Waals surface area contributed by atoms with Crippen molar-refractivity contribution in [3.63, 3.8) is 0 Å². The minimum absolute atomic E-state index is 0.529. The van der Waals surface area contributed by atoms with Gasteiger partial charge in [0, 0.05) is 30.2 Å². The molecule has 3 rings (SSSR count). The minimum atomic E-state index is 0.529. The summed E-state index contributed by atoms with van der Waals surface area (Å²) in [6.07, 6.45) is 5.18. The van der Waals surface area contributed by atoms with Crippen molar-refractivity contribution < 1.29 is 0 Å². The molecule has 0 bridgehead atoms. The summed E-state index contributed by atoms with van der Waals surface area (Å²) in [5.41, 5.74) is 2.23. The molecule has 0 radical (unpaired) electrons. The van der Waals surface area contributed by atoms with Crippen molar-refractivity contribution in [2.75, 3.05) is 11.9 Å². The number of nitrogens with one attached hydrogen (secondary N) is 1. The molecule has 0 saturated heterocycles. The highest BCUT2D eigenvalue weighted by molar-refractivity contribution is 5.42. The summed E-state index contributed by atoms with van der Waals surface area (Å²) in [5, 5.41) is 7.52. The lowest BCUT2D eigenvalue weighted by Gasteiger charge is -1.98. The summed E-state index contributed by atoms with van der Waals surface area (Å²) in [7, 11) is 0. The largest absolute Gasteiger partial charge is 0.358 e. The third kappa shape index (κ3) is 3.30. The molecule has 0 amide bonds. The summed E-state index contributed by atoms with van der Waals surface area (Å²) < 4.78 is 1.62. The number of nitrogens with zero attached hydrogens (tertiary/aromatic N) is 4. The maximum atomic E-state index is 4.36. The number of aromatic nitrogens is 4. The molecular weight excluding hydrogens is 274 g/mol. The molecule has 0 aliphatic carbocycles. The zero-order valence-electron chi connectivity index (χ0n) is 12.2. The molecule has 0 spiro atoms. The molecule has 1 N–H and O–H groups in total. The van der Waals surface area contributed by atoms with Crippen molar-refractivity contribution in [2.45, 2.75) is 6.92 Å². The molecule has 0 aliphatic rings. The monoisotopic (exact) mass is 289 g/mol. The Hall–Kier alpha value is -3.13. The van der Waals surface area contributed by atoms with Crippen LogP contribution >= 0.6 is 0 Å². The first-order chi connectivity index (χ1) is 10.8. The fourth-order valence-corrected chi connectivity index (χ4v) is 1.93. The predicted molar refractivity (Wildman–Crippen MR) is 85.7 cm³/mol. The van der Waals surface area contributed by atoms with E-state index in [9.17, 15) is 0 Å². The van der Waals surface area contributed by atoms with Gasteiger partial charge in [0.05, 0.1) is 6.54 Å². The van der Waals surface area contributed by atoms with Crippen LogP contribution in [0, 0.1) is 18.8 Å². The van der Waals surface area contributed by atoms with Crippen molar-refractivity contribution in [1.82, 2.24) is 19.7 Å². The van der Waals surface area contributed by atoms with Crippen molar-refractivity contribution in [1.29, 1.82) is 0 Å². The third-order valence-electron chi connectivity index (χ3n) is 3.07. The number of hydrogen-bond donors (Lipinski definition) is 1. The maximum absolute atomic E-state index is 4.36. The Kier molecular flexibility index (Phi) is 4.12. The van der Waals surface area contributed by atoms with E-state index >= 15 is 0 Å². The Balaban J connectivity index is 1.62. The summed E-state index contributed by atoms with van der Waals surface area (Å²) in [6.45, 7) is 2.58. The van der Waals surface area contributed by atoms with E-state index in [0.717, 1.165) is 11.4 Å². The van der Waals surface area contributed by atoms with Crippen LogP contribution in [0.2, 0.25) is 0 Å². The fourth-order valence-electron chi connectivity index (χ4n) is 1.93.